The largest absolute Gasteiger partial charge is 0.411 e. The quantitative estimate of drug-likeness (QED) is 0.321. The van der Waals surface area contributed by atoms with E-state index in [0.29, 0.717) is 0 Å². The molecule has 13 heavy (non-hydrogen) atoms. The Kier molecular flexibility index (Phi) is 9.16. The smallest absolute Gasteiger partial charge is 0.267 e. The van der Waals surface area contributed by atoms with E-state index < -0.39 is 15.4 Å². The molecule has 2 N–H and O–H groups in total. The molecule has 0 rings (SSSR count). The third-order valence-electron chi connectivity index (χ3n) is 1.10. The minimum absolute atomic E-state index is 0.674. The van der Waals surface area contributed by atoms with Crippen LogP contribution in [0.1, 0.15) is 33.6 Å². The van der Waals surface area contributed by atoms with Crippen molar-refractivity contribution in [1.82, 2.24) is 0 Å². The fourth-order valence-corrected chi connectivity index (χ4v) is 0.187. The van der Waals surface area contributed by atoms with Crippen molar-refractivity contribution in [3.63, 3.8) is 0 Å². The number of oxime groups is 1. The fraction of sp³-hybridized carbons (Fsp3) is 0.857. The van der Waals surface area contributed by atoms with Gasteiger partial charge in [-0.25, -0.2) is 0 Å². The van der Waals surface area contributed by atoms with Crippen LogP contribution in [0.3, 0.4) is 0 Å². The first-order chi connectivity index (χ1) is 5.86. The Morgan fingerprint density at radius 3 is 1.92 bits per heavy atom. The lowest BCUT2D eigenvalue weighted by Crippen LogP contribution is -2.10. The van der Waals surface area contributed by atoms with Crippen LogP contribution >= 0.6 is 0 Å². The summed E-state index contributed by atoms with van der Waals surface area (Å²) in [6.45, 7) is 4.85. The van der Waals surface area contributed by atoms with Crippen molar-refractivity contribution >= 4 is 16.3 Å². The van der Waals surface area contributed by atoms with Crippen LogP contribution < -0.4 is 0 Å². The van der Waals surface area contributed by atoms with Crippen molar-refractivity contribution < 1.29 is 18.2 Å². The summed E-state index contributed by atoms with van der Waals surface area (Å²) in [4.78, 5) is 0. The summed E-state index contributed by atoms with van der Waals surface area (Å²) in [5, 5.41) is 9.89. The molecule has 0 atom stereocenters. The van der Waals surface area contributed by atoms with Gasteiger partial charge in [-0.05, 0) is 20.3 Å². The number of unbranched alkanes of at least 4 members (excludes halogenated alkanes) is 1. The van der Waals surface area contributed by atoms with Crippen molar-refractivity contribution in [3.05, 3.63) is 0 Å². The third-order valence-corrected chi connectivity index (χ3v) is 2.29. The summed E-state index contributed by atoms with van der Waals surface area (Å²) >= 11 is 0. The summed E-state index contributed by atoms with van der Waals surface area (Å²) in [7, 11) is -3.74. The van der Waals surface area contributed by atoms with E-state index in [1.807, 2.05) is 6.92 Å². The number of nitrogens with zero attached hydrogens (tertiary/aromatic N) is 1. The van der Waals surface area contributed by atoms with E-state index in [2.05, 4.69) is 5.16 Å². The number of rotatable bonds is 3. The van der Waals surface area contributed by atoms with Gasteiger partial charge in [0.15, 0.2) is 0 Å². The first-order valence-electron chi connectivity index (χ1n) is 3.98. The standard InChI is InChI=1S/C4H9NO.C3H8O3S/c1-2-3-4-5-6;1-3(2)7(4,5)6/h4,6H,2-3H2,1H3;3H,1-2H3,(H,4,5,6). The molecule has 0 radical (unpaired) electrons. The average molecular weight is 211 g/mol. The van der Waals surface area contributed by atoms with E-state index in [9.17, 15) is 8.42 Å². The van der Waals surface area contributed by atoms with Crippen LogP contribution in [-0.4, -0.2) is 29.6 Å². The Hall–Kier alpha value is -0.620. The molecule has 5 nitrogen and oxygen atoms in total. The lowest BCUT2D eigenvalue weighted by atomic mass is 10.4. The molecule has 0 fully saturated rings. The second-order valence-corrected chi connectivity index (χ2v) is 4.62. The Labute approximate surface area is 79.2 Å². The van der Waals surface area contributed by atoms with Crippen LogP contribution in [0.5, 0.6) is 0 Å². The molecular formula is C7H17NO4S. The maximum atomic E-state index is 9.89. The number of hydrogen-bond acceptors (Lipinski definition) is 4. The van der Waals surface area contributed by atoms with Crippen LogP contribution in [0.25, 0.3) is 0 Å². The van der Waals surface area contributed by atoms with Crippen molar-refractivity contribution in [2.45, 2.75) is 38.9 Å². The molecule has 0 aliphatic heterocycles. The predicted molar refractivity (Wildman–Crippen MR) is 51.9 cm³/mol. The van der Waals surface area contributed by atoms with Crippen LogP contribution in [0.15, 0.2) is 5.16 Å². The van der Waals surface area contributed by atoms with Gasteiger partial charge in [-0.3, -0.25) is 4.55 Å². The highest BCUT2D eigenvalue weighted by Crippen LogP contribution is 1.91. The average Bonchev–Trinajstić information content (AvgIpc) is 2.00. The molecule has 0 aromatic carbocycles. The van der Waals surface area contributed by atoms with Crippen molar-refractivity contribution in [1.29, 1.82) is 0 Å². The van der Waals surface area contributed by atoms with Crippen LogP contribution in [0.4, 0.5) is 0 Å². The highest BCUT2D eigenvalue weighted by atomic mass is 32.2. The summed E-state index contributed by atoms with van der Waals surface area (Å²) in [5.74, 6) is 0. The molecule has 0 unspecified atom stereocenters. The summed E-state index contributed by atoms with van der Waals surface area (Å²) in [6, 6.07) is 0. The van der Waals surface area contributed by atoms with E-state index >= 15 is 0 Å². The van der Waals surface area contributed by atoms with E-state index in [0.717, 1.165) is 12.8 Å². The second-order valence-electron chi connectivity index (χ2n) is 2.65. The van der Waals surface area contributed by atoms with E-state index in [1.54, 1.807) is 0 Å². The highest BCUT2D eigenvalue weighted by molar-refractivity contribution is 7.86. The monoisotopic (exact) mass is 211 g/mol. The van der Waals surface area contributed by atoms with Gasteiger partial charge in [-0.2, -0.15) is 8.42 Å². The van der Waals surface area contributed by atoms with Crippen LogP contribution in [0, 0.1) is 0 Å². The summed E-state index contributed by atoms with van der Waals surface area (Å²) < 4.78 is 27.8. The van der Waals surface area contributed by atoms with Crippen molar-refractivity contribution in [2.75, 3.05) is 0 Å². The summed E-state index contributed by atoms with van der Waals surface area (Å²) in [6.07, 6.45) is 3.40. The molecule has 0 saturated carbocycles. The zero-order valence-electron chi connectivity index (χ0n) is 8.14. The minimum atomic E-state index is -3.74. The van der Waals surface area contributed by atoms with E-state index in [1.165, 1.54) is 20.1 Å². The molecule has 0 aromatic heterocycles. The zero-order chi connectivity index (χ0) is 10.9. The van der Waals surface area contributed by atoms with Gasteiger partial charge in [0, 0.05) is 6.21 Å². The molecule has 0 amide bonds. The lowest BCUT2D eigenvalue weighted by Gasteiger charge is -1.94. The molecule has 0 heterocycles. The SMILES string of the molecule is CC(C)S(=O)(=O)O.CCCC=NO. The maximum absolute atomic E-state index is 9.89. The van der Waals surface area contributed by atoms with Gasteiger partial charge in [0.25, 0.3) is 10.1 Å². The van der Waals surface area contributed by atoms with Gasteiger partial charge >= 0.3 is 0 Å². The van der Waals surface area contributed by atoms with E-state index in [4.69, 9.17) is 9.76 Å². The molecule has 0 saturated heterocycles. The van der Waals surface area contributed by atoms with Gasteiger partial charge in [-0.15, -0.1) is 5.16 Å². The van der Waals surface area contributed by atoms with Gasteiger partial charge < -0.3 is 5.21 Å². The summed E-state index contributed by atoms with van der Waals surface area (Å²) in [5.41, 5.74) is 0. The third kappa shape index (κ3) is 14.3. The fourth-order valence-electron chi connectivity index (χ4n) is 0.187. The number of hydrogen-bond donors (Lipinski definition) is 2. The van der Waals surface area contributed by atoms with Crippen LogP contribution in [-0.2, 0) is 10.1 Å². The molecular weight excluding hydrogens is 194 g/mol. The van der Waals surface area contributed by atoms with Gasteiger partial charge in [0.1, 0.15) is 0 Å². The first kappa shape index (κ1) is 14.9. The Bertz CT molecular complexity index is 221. The molecule has 0 aromatic rings. The molecule has 6 heteroatoms. The first-order valence-corrected chi connectivity index (χ1v) is 5.48. The predicted octanol–water partition coefficient (Wildman–Crippen LogP) is 1.53. The lowest BCUT2D eigenvalue weighted by molar-refractivity contribution is 0.320. The van der Waals surface area contributed by atoms with Crippen LogP contribution in [0.2, 0.25) is 0 Å². The molecule has 0 spiro atoms. The van der Waals surface area contributed by atoms with Gasteiger partial charge in [0.05, 0.1) is 5.25 Å². The maximum Gasteiger partial charge on any atom is 0.267 e. The molecule has 0 aliphatic rings. The zero-order valence-corrected chi connectivity index (χ0v) is 8.95. The van der Waals surface area contributed by atoms with Gasteiger partial charge in [-0.1, -0.05) is 13.3 Å². The molecule has 80 valence electrons. The minimum Gasteiger partial charge on any atom is -0.411 e. The van der Waals surface area contributed by atoms with Crippen molar-refractivity contribution in [2.24, 2.45) is 5.16 Å². The Morgan fingerprint density at radius 1 is 1.46 bits per heavy atom. The Balaban J connectivity index is 0. The molecule has 0 aliphatic carbocycles. The van der Waals surface area contributed by atoms with Gasteiger partial charge in [0.2, 0.25) is 0 Å². The normalized spacial score (nSPS) is 11.5. The second kappa shape index (κ2) is 8.00. The topological polar surface area (TPSA) is 87.0 Å². The van der Waals surface area contributed by atoms with Crippen molar-refractivity contribution in [3.8, 4) is 0 Å². The Morgan fingerprint density at radius 2 is 1.85 bits per heavy atom. The van der Waals surface area contributed by atoms with E-state index in [-0.39, 0.29) is 0 Å². The molecule has 0 bridgehead atoms. The highest BCUT2D eigenvalue weighted by Gasteiger charge is 2.08.